The van der Waals surface area contributed by atoms with Crippen LogP contribution in [0.25, 0.3) is 11.5 Å². The van der Waals surface area contributed by atoms with Crippen molar-refractivity contribution in [1.29, 1.82) is 0 Å². The number of aromatic nitrogens is 1. The molecule has 7 nitrogen and oxygen atoms in total. The topological polar surface area (TPSA) is 81.9 Å². The minimum absolute atomic E-state index is 0.00100. The van der Waals surface area contributed by atoms with Crippen LogP contribution in [0.4, 0.5) is 5.69 Å². The van der Waals surface area contributed by atoms with Gasteiger partial charge in [0, 0.05) is 30.8 Å². The van der Waals surface area contributed by atoms with E-state index < -0.39 is 10.1 Å². The lowest BCUT2D eigenvalue weighted by Gasteiger charge is -2.28. The molecule has 8 heteroatoms. The zero-order valence-corrected chi connectivity index (χ0v) is 18.5. The summed E-state index contributed by atoms with van der Waals surface area (Å²) in [5, 5.41) is 0. The predicted molar refractivity (Wildman–Crippen MR) is 118 cm³/mol. The summed E-state index contributed by atoms with van der Waals surface area (Å²) in [6, 6.07) is 14.7. The van der Waals surface area contributed by atoms with Crippen LogP contribution in [0, 0.1) is 13.8 Å². The van der Waals surface area contributed by atoms with E-state index in [-0.39, 0.29) is 11.5 Å². The van der Waals surface area contributed by atoms with Crippen LogP contribution in [0.5, 0.6) is 0 Å². The van der Waals surface area contributed by atoms with Crippen molar-refractivity contribution in [3.05, 3.63) is 65.5 Å². The minimum Gasteiger partial charge on any atom is -0.441 e. The van der Waals surface area contributed by atoms with E-state index in [2.05, 4.69) is 22.0 Å². The number of morpholine rings is 1. The van der Waals surface area contributed by atoms with Gasteiger partial charge in [0.2, 0.25) is 5.89 Å². The molecule has 0 atom stereocenters. The summed E-state index contributed by atoms with van der Waals surface area (Å²) in [6.45, 7) is 6.97. The van der Waals surface area contributed by atoms with E-state index in [9.17, 15) is 8.42 Å². The third-order valence-corrected chi connectivity index (χ3v) is 6.60. The molecule has 164 valence electrons. The van der Waals surface area contributed by atoms with Crippen molar-refractivity contribution in [2.45, 2.75) is 25.2 Å². The highest BCUT2D eigenvalue weighted by molar-refractivity contribution is 7.86. The standard InChI is InChI=1S/C23H26N2O5S/c1-17-3-9-21(10-4-17)31(26,27)29-14-11-22-18(2)30-23(24-22)19-5-7-20(8-6-19)25-12-15-28-16-13-25/h3-10H,11-16H2,1-2H3. The number of rotatable bonds is 7. The second-order valence-electron chi connectivity index (χ2n) is 7.51. The Bertz CT molecular complexity index is 1120. The molecule has 0 N–H and O–H groups in total. The van der Waals surface area contributed by atoms with Gasteiger partial charge in [0.05, 0.1) is 30.4 Å². The molecule has 31 heavy (non-hydrogen) atoms. The molecule has 0 bridgehead atoms. The summed E-state index contributed by atoms with van der Waals surface area (Å²) in [5.41, 5.74) is 3.69. The average Bonchev–Trinajstić information content (AvgIpc) is 3.15. The van der Waals surface area contributed by atoms with Crippen LogP contribution in [0.1, 0.15) is 17.0 Å². The molecule has 2 aromatic carbocycles. The fourth-order valence-corrected chi connectivity index (χ4v) is 4.35. The first-order valence-corrected chi connectivity index (χ1v) is 11.7. The third kappa shape index (κ3) is 5.15. The Balaban J connectivity index is 1.39. The molecule has 0 saturated carbocycles. The first-order valence-electron chi connectivity index (χ1n) is 10.3. The monoisotopic (exact) mass is 442 g/mol. The number of aryl methyl sites for hydroxylation is 2. The summed E-state index contributed by atoms with van der Waals surface area (Å²) in [7, 11) is -3.79. The molecule has 1 aliphatic rings. The smallest absolute Gasteiger partial charge is 0.296 e. The lowest BCUT2D eigenvalue weighted by atomic mass is 10.2. The molecular formula is C23H26N2O5S. The maximum Gasteiger partial charge on any atom is 0.296 e. The number of oxazole rings is 1. The van der Waals surface area contributed by atoms with Gasteiger partial charge in [0.1, 0.15) is 5.76 Å². The SMILES string of the molecule is Cc1ccc(S(=O)(=O)OCCc2nc(-c3ccc(N4CCOCC4)cc3)oc2C)cc1. The molecule has 0 unspecified atom stereocenters. The highest BCUT2D eigenvalue weighted by atomic mass is 32.2. The van der Waals surface area contributed by atoms with Gasteiger partial charge in [-0.25, -0.2) is 4.98 Å². The van der Waals surface area contributed by atoms with Crippen molar-refractivity contribution >= 4 is 15.8 Å². The van der Waals surface area contributed by atoms with Crippen LogP contribution in [-0.4, -0.2) is 46.3 Å². The van der Waals surface area contributed by atoms with E-state index in [1.54, 1.807) is 24.3 Å². The van der Waals surface area contributed by atoms with Gasteiger partial charge >= 0.3 is 0 Å². The van der Waals surface area contributed by atoms with Crippen LogP contribution in [0.2, 0.25) is 0 Å². The van der Waals surface area contributed by atoms with E-state index in [0.29, 0.717) is 23.8 Å². The molecule has 2 heterocycles. The Labute approximate surface area is 182 Å². The second-order valence-corrected chi connectivity index (χ2v) is 9.12. The molecular weight excluding hydrogens is 416 g/mol. The zero-order chi connectivity index (χ0) is 21.8. The molecule has 0 amide bonds. The van der Waals surface area contributed by atoms with Crippen molar-refractivity contribution in [2.75, 3.05) is 37.8 Å². The van der Waals surface area contributed by atoms with Crippen molar-refractivity contribution in [1.82, 2.24) is 4.98 Å². The normalized spacial score (nSPS) is 14.7. The zero-order valence-electron chi connectivity index (χ0n) is 17.7. The summed E-state index contributed by atoms with van der Waals surface area (Å²) in [6.07, 6.45) is 0.340. The Morgan fingerprint density at radius 3 is 2.35 bits per heavy atom. The molecule has 0 radical (unpaired) electrons. The number of benzene rings is 2. The molecule has 1 fully saturated rings. The van der Waals surface area contributed by atoms with Crippen molar-refractivity contribution in [2.24, 2.45) is 0 Å². The first-order chi connectivity index (χ1) is 14.9. The molecule has 0 aliphatic carbocycles. The number of nitrogens with zero attached hydrogens (tertiary/aromatic N) is 2. The molecule has 4 rings (SSSR count). The van der Waals surface area contributed by atoms with Crippen molar-refractivity contribution in [3.8, 4) is 11.5 Å². The van der Waals surface area contributed by atoms with Crippen LogP contribution in [0.3, 0.4) is 0 Å². The Morgan fingerprint density at radius 2 is 1.68 bits per heavy atom. The van der Waals surface area contributed by atoms with Gasteiger partial charge < -0.3 is 14.1 Å². The minimum atomic E-state index is -3.79. The van der Waals surface area contributed by atoms with Gasteiger partial charge in [0.25, 0.3) is 10.1 Å². The van der Waals surface area contributed by atoms with Gasteiger partial charge in [-0.05, 0) is 50.2 Å². The van der Waals surface area contributed by atoms with E-state index in [4.69, 9.17) is 13.3 Å². The van der Waals surface area contributed by atoms with Gasteiger partial charge in [-0.2, -0.15) is 8.42 Å². The Morgan fingerprint density at radius 1 is 1.00 bits per heavy atom. The van der Waals surface area contributed by atoms with Gasteiger partial charge in [-0.1, -0.05) is 17.7 Å². The fraction of sp³-hybridized carbons (Fsp3) is 0.348. The maximum absolute atomic E-state index is 12.3. The molecule has 3 aromatic rings. The Hall–Kier alpha value is -2.68. The first kappa shape index (κ1) is 21.5. The summed E-state index contributed by atoms with van der Waals surface area (Å²) >= 11 is 0. The maximum atomic E-state index is 12.3. The van der Waals surface area contributed by atoms with Crippen LogP contribution in [0.15, 0.2) is 57.8 Å². The molecule has 1 aromatic heterocycles. The van der Waals surface area contributed by atoms with Gasteiger partial charge in [0.15, 0.2) is 0 Å². The number of anilines is 1. The van der Waals surface area contributed by atoms with Crippen molar-refractivity contribution in [3.63, 3.8) is 0 Å². The average molecular weight is 443 g/mol. The van der Waals surface area contributed by atoms with Gasteiger partial charge in [-0.15, -0.1) is 0 Å². The number of hydrogen-bond donors (Lipinski definition) is 0. The second kappa shape index (κ2) is 9.21. The quantitative estimate of drug-likeness (QED) is 0.516. The van der Waals surface area contributed by atoms with Crippen molar-refractivity contribution < 1.29 is 21.8 Å². The van der Waals surface area contributed by atoms with Crippen LogP contribution >= 0.6 is 0 Å². The number of hydrogen-bond acceptors (Lipinski definition) is 7. The summed E-state index contributed by atoms with van der Waals surface area (Å²) in [4.78, 5) is 6.98. The molecule has 0 spiro atoms. The highest BCUT2D eigenvalue weighted by Crippen LogP contribution is 2.25. The predicted octanol–water partition coefficient (Wildman–Crippen LogP) is 3.74. The lowest BCUT2D eigenvalue weighted by Crippen LogP contribution is -2.36. The van der Waals surface area contributed by atoms with Crippen LogP contribution < -0.4 is 4.90 Å². The summed E-state index contributed by atoms with van der Waals surface area (Å²) in [5.74, 6) is 1.17. The van der Waals surface area contributed by atoms with E-state index in [1.165, 1.54) is 0 Å². The number of ether oxygens (including phenoxy) is 1. The molecule has 1 saturated heterocycles. The van der Waals surface area contributed by atoms with E-state index in [1.807, 2.05) is 26.0 Å². The van der Waals surface area contributed by atoms with Gasteiger partial charge in [-0.3, -0.25) is 4.18 Å². The van der Waals surface area contributed by atoms with E-state index in [0.717, 1.165) is 43.1 Å². The lowest BCUT2D eigenvalue weighted by molar-refractivity contribution is 0.122. The fourth-order valence-electron chi connectivity index (χ4n) is 3.44. The highest BCUT2D eigenvalue weighted by Gasteiger charge is 2.17. The Kier molecular flexibility index (Phi) is 6.41. The third-order valence-electron chi connectivity index (χ3n) is 5.27. The van der Waals surface area contributed by atoms with Crippen LogP contribution in [-0.2, 0) is 25.5 Å². The largest absolute Gasteiger partial charge is 0.441 e. The van der Waals surface area contributed by atoms with E-state index >= 15 is 0 Å². The molecule has 1 aliphatic heterocycles. The summed E-state index contributed by atoms with van der Waals surface area (Å²) < 4.78 is 41.1.